The number of alkyl halides is 2. The summed E-state index contributed by atoms with van der Waals surface area (Å²) in [7, 11) is 0. The minimum atomic E-state index is -2.48. The number of aromatic nitrogens is 2. The molecule has 5 nitrogen and oxygen atoms in total. The van der Waals surface area contributed by atoms with Crippen LogP contribution >= 0.6 is 11.8 Å². The molecule has 0 bridgehead atoms. The highest BCUT2D eigenvalue weighted by Crippen LogP contribution is 2.28. The summed E-state index contributed by atoms with van der Waals surface area (Å²) in [4.78, 5) is 17.6. The molecule has 1 aromatic carbocycles. The second kappa shape index (κ2) is 7.41. The van der Waals surface area contributed by atoms with Crippen LogP contribution in [0.3, 0.4) is 0 Å². The molecule has 0 atom stereocenters. The van der Waals surface area contributed by atoms with E-state index in [1.807, 2.05) is 13.8 Å². The number of pyridine rings is 1. The fourth-order valence-corrected chi connectivity index (χ4v) is 3.01. The van der Waals surface area contributed by atoms with E-state index < -0.39 is 5.76 Å². The van der Waals surface area contributed by atoms with Crippen LogP contribution in [0.1, 0.15) is 41.5 Å². The van der Waals surface area contributed by atoms with E-state index in [0.29, 0.717) is 44.7 Å². The first-order chi connectivity index (χ1) is 12.3. The number of thioether (sulfide) groups is 1. The molecule has 26 heavy (non-hydrogen) atoms. The van der Waals surface area contributed by atoms with Crippen LogP contribution in [0, 0.1) is 6.92 Å². The highest BCUT2D eigenvalue weighted by molar-refractivity contribution is 7.99. The van der Waals surface area contributed by atoms with Gasteiger partial charge in [0.25, 0.3) is 17.4 Å². The number of aryl methyl sites for hydroxylation is 1. The largest absolute Gasteiger partial charge is 0.336 e. The van der Waals surface area contributed by atoms with Crippen molar-refractivity contribution >= 4 is 34.5 Å². The number of anilines is 1. The fraction of sp³-hybridized carbons (Fsp3) is 0.278. The number of hydrogen-bond acceptors (Lipinski definition) is 5. The molecule has 0 radical (unpaired) electrons. The monoisotopic (exact) mass is 377 g/mol. The summed E-state index contributed by atoms with van der Waals surface area (Å²) in [5.41, 5.74) is 2.56. The van der Waals surface area contributed by atoms with Crippen LogP contribution < -0.4 is 5.32 Å². The average Bonchev–Trinajstić information content (AvgIpc) is 2.96. The normalized spacial score (nSPS) is 11.5. The Labute approximate surface area is 153 Å². The van der Waals surface area contributed by atoms with Crippen molar-refractivity contribution in [2.45, 2.75) is 37.3 Å². The molecule has 2 heterocycles. The zero-order valence-corrected chi connectivity index (χ0v) is 15.2. The van der Waals surface area contributed by atoms with E-state index in [1.165, 1.54) is 0 Å². The quantitative estimate of drug-likeness (QED) is 0.617. The molecule has 8 heteroatoms. The Balaban J connectivity index is 1.91. The van der Waals surface area contributed by atoms with Gasteiger partial charge in [-0.05, 0) is 43.2 Å². The number of benzene rings is 1. The third-order valence-corrected chi connectivity index (χ3v) is 4.53. The number of carbonyl (C=O) groups is 1. The van der Waals surface area contributed by atoms with Crippen LogP contribution in [0.5, 0.6) is 0 Å². The summed E-state index contributed by atoms with van der Waals surface area (Å²) in [6.45, 7) is 5.69. The molecule has 0 saturated heterocycles. The Bertz CT molecular complexity index is 940. The van der Waals surface area contributed by atoms with E-state index in [4.69, 9.17) is 4.52 Å². The van der Waals surface area contributed by atoms with Gasteiger partial charge in [0, 0.05) is 16.3 Å². The van der Waals surface area contributed by atoms with Gasteiger partial charge in [-0.25, -0.2) is 4.98 Å². The number of nitrogens with zero attached hydrogens (tertiary/aromatic N) is 2. The third-order valence-electron chi connectivity index (χ3n) is 3.81. The van der Waals surface area contributed by atoms with Crippen LogP contribution in [0.2, 0.25) is 0 Å². The van der Waals surface area contributed by atoms with Crippen molar-refractivity contribution in [3.63, 3.8) is 0 Å². The lowest BCUT2D eigenvalue weighted by Crippen LogP contribution is -2.13. The van der Waals surface area contributed by atoms with Crippen molar-refractivity contribution in [3.8, 4) is 0 Å². The van der Waals surface area contributed by atoms with Crippen LogP contribution in [0.4, 0.5) is 14.5 Å². The maximum Gasteiger partial charge on any atom is 0.288 e. The summed E-state index contributed by atoms with van der Waals surface area (Å²) in [5, 5.41) is 7.24. The lowest BCUT2D eigenvalue weighted by Gasteiger charge is -2.10. The summed E-state index contributed by atoms with van der Waals surface area (Å²) < 4.78 is 30.0. The highest BCUT2D eigenvalue weighted by Gasteiger charge is 2.20. The van der Waals surface area contributed by atoms with Crippen LogP contribution in [-0.4, -0.2) is 21.8 Å². The van der Waals surface area contributed by atoms with Gasteiger partial charge in [-0.2, -0.15) is 8.78 Å². The molecular formula is C18H17F2N3O2S. The summed E-state index contributed by atoms with van der Waals surface area (Å²) in [6.07, 6.45) is 0. The van der Waals surface area contributed by atoms with Gasteiger partial charge in [0.15, 0.2) is 0 Å². The molecule has 2 aromatic heterocycles. The molecule has 0 saturated carbocycles. The highest BCUT2D eigenvalue weighted by atomic mass is 32.2. The first kappa shape index (κ1) is 18.3. The first-order valence-corrected chi connectivity index (χ1v) is 8.86. The van der Waals surface area contributed by atoms with E-state index in [-0.39, 0.29) is 11.8 Å². The summed E-state index contributed by atoms with van der Waals surface area (Å²) >= 11 is 0.458. The molecule has 3 aromatic rings. The summed E-state index contributed by atoms with van der Waals surface area (Å²) in [5.74, 6) is -2.70. The first-order valence-electron chi connectivity index (χ1n) is 7.98. The molecule has 0 aliphatic carbocycles. The third kappa shape index (κ3) is 3.85. The Hall–Kier alpha value is -2.48. The van der Waals surface area contributed by atoms with Gasteiger partial charge in [0.05, 0.1) is 16.6 Å². The van der Waals surface area contributed by atoms with E-state index >= 15 is 0 Å². The predicted octanol–water partition coefficient (Wildman–Crippen LogP) is 5.22. The minimum Gasteiger partial charge on any atom is -0.336 e. The van der Waals surface area contributed by atoms with E-state index in [1.54, 1.807) is 37.3 Å². The smallest absolute Gasteiger partial charge is 0.288 e. The average molecular weight is 377 g/mol. The molecule has 0 aliphatic rings. The van der Waals surface area contributed by atoms with Gasteiger partial charge in [0.2, 0.25) is 0 Å². The van der Waals surface area contributed by atoms with Crippen molar-refractivity contribution in [3.05, 3.63) is 47.3 Å². The maximum atomic E-state index is 12.8. The number of nitrogens with one attached hydrogen (secondary N) is 1. The number of carbonyl (C=O) groups excluding carboxylic acids is 1. The van der Waals surface area contributed by atoms with Crippen LogP contribution in [-0.2, 0) is 0 Å². The Morgan fingerprint density at radius 2 is 1.92 bits per heavy atom. The molecule has 0 unspecified atom stereocenters. The number of rotatable bonds is 5. The number of halogens is 2. The van der Waals surface area contributed by atoms with Crippen LogP contribution in [0.25, 0.3) is 11.1 Å². The summed E-state index contributed by atoms with van der Waals surface area (Å²) in [6, 6.07) is 7.99. The lowest BCUT2D eigenvalue weighted by molar-refractivity contribution is 0.102. The molecular weight excluding hydrogens is 360 g/mol. The number of hydrogen-bond donors (Lipinski definition) is 1. The van der Waals surface area contributed by atoms with Crippen molar-refractivity contribution < 1.29 is 18.1 Å². The number of amides is 1. The topological polar surface area (TPSA) is 68.0 Å². The van der Waals surface area contributed by atoms with Crippen LogP contribution in [0.15, 0.2) is 39.8 Å². The van der Waals surface area contributed by atoms with Gasteiger partial charge in [0.1, 0.15) is 0 Å². The van der Waals surface area contributed by atoms with Gasteiger partial charge in [-0.3, -0.25) is 4.79 Å². The SMILES string of the molecule is Cc1noc2nc(C(C)C)cc(C(=O)Nc3ccc(SC(F)F)cc3)c12. The second-order valence-electron chi connectivity index (χ2n) is 6.05. The van der Waals surface area contributed by atoms with E-state index in [0.717, 1.165) is 5.69 Å². The minimum absolute atomic E-state index is 0.113. The molecule has 1 N–H and O–H groups in total. The van der Waals surface area contributed by atoms with E-state index in [9.17, 15) is 13.6 Å². The molecule has 1 amide bonds. The Kier molecular flexibility index (Phi) is 5.22. The van der Waals surface area contributed by atoms with Crippen molar-refractivity contribution in [2.75, 3.05) is 5.32 Å². The lowest BCUT2D eigenvalue weighted by atomic mass is 10.0. The molecule has 0 spiro atoms. The molecule has 3 rings (SSSR count). The van der Waals surface area contributed by atoms with Crippen molar-refractivity contribution in [1.82, 2.24) is 10.1 Å². The fourth-order valence-electron chi connectivity index (χ4n) is 2.51. The number of fused-ring (bicyclic) bond motifs is 1. The van der Waals surface area contributed by atoms with Gasteiger partial charge in [-0.1, -0.05) is 30.8 Å². The predicted molar refractivity (Wildman–Crippen MR) is 96.9 cm³/mol. The standard InChI is InChI=1S/C18H17F2N3O2S/c1-9(2)14-8-13(15-10(3)23-25-17(15)22-14)16(24)21-11-4-6-12(7-5-11)26-18(19)20/h4-9,18H,1-3H3,(H,21,24). The maximum absolute atomic E-state index is 12.8. The molecule has 0 fully saturated rings. The van der Waals surface area contributed by atoms with Crippen molar-refractivity contribution in [2.24, 2.45) is 0 Å². The van der Waals surface area contributed by atoms with E-state index in [2.05, 4.69) is 15.5 Å². The zero-order chi connectivity index (χ0) is 18.8. The zero-order valence-electron chi connectivity index (χ0n) is 14.4. The molecule has 0 aliphatic heterocycles. The van der Waals surface area contributed by atoms with Gasteiger partial charge in [-0.15, -0.1) is 0 Å². The van der Waals surface area contributed by atoms with Crippen molar-refractivity contribution in [1.29, 1.82) is 0 Å². The Morgan fingerprint density at radius 1 is 1.23 bits per heavy atom. The Morgan fingerprint density at radius 3 is 2.54 bits per heavy atom. The van der Waals surface area contributed by atoms with Gasteiger partial charge < -0.3 is 9.84 Å². The second-order valence-corrected chi connectivity index (χ2v) is 7.12. The van der Waals surface area contributed by atoms with Gasteiger partial charge >= 0.3 is 0 Å². The molecule has 136 valence electrons.